The molecule has 0 saturated heterocycles. The smallest absolute Gasteiger partial charge is 0.283 e. The number of nitro groups is 1. The van der Waals surface area contributed by atoms with Gasteiger partial charge in [-0.25, -0.2) is 0 Å². The molecule has 2 aromatic rings. The highest BCUT2D eigenvalue weighted by Crippen LogP contribution is 2.28. The quantitative estimate of drug-likeness (QED) is 0.450. The molecule has 6 heteroatoms. The zero-order chi connectivity index (χ0) is 13.7. The third kappa shape index (κ3) is 3.86. The maximum absolute atomic E-state index is 10.8. The summed E-state index contributed by atoms with van der Waals surface area (Å²) in [5.74, 6) is 0. The summed E-state index contributed by atoms with van der Waals surface area (Å²) in [5.41, 5.74) is 0.861. The van der Waals surface area contributed by atoms with Gasteiger partial charge in [-0.1, -0.05) is 18.2 Å². The van der Waals surface area contributed by atoms with Crippen molar-refractivity contribution in [1.82, 2.24) is 0 Å². The molecule has 0 radical (unpaired) electrons. The molecule has 0 aliphatic rings. The van der Waals surface area contributed by atoms with Crippen molar-refractivity contribution >= 4 is 33.0 Å². The molecule has 0 spiro atoms. The highest BCUT2D eigenvalue weighted by molar-refractivity contribution is 9.10. The maximum Gasteiger partial charge on any atom is 0.283 e. The molecule has 0 bridgehead atoms. The van der Waals surface area contributed by atoms with E-state index in [2.05, 4.69) is 22.0 Å². The molecule has 19 heavy (non-hydrogen) atoms. The largest absolute Gasteiger partial charge is 0.376 e. The Kier molecular flexibility index (Phi) is 5.07. The van der Waals surface area contributed by atoms with Gasteiger partial charge in [-0.15, -0.1) is 11.3 Å². The molecule has 0 saturated carbocycles. The van der Waals surface area contributed by atoms with Gasteiger partial charge < -0.3 is 4.74 Å². The topological polar surface area (TPSA) is 52.4 Å². The lowest BCUT2D eigenvalue weighted by Crippen LogP contribution is -2.00. The molecule has 4 nitrogen and oxygen atoms in total. The number of hydrogen-bond acceptors (Lipinski definition) is 4. The Hall–Kier alpha value is -1.24. The molecule has 1 heterocycles. The van der Waals surface area contributed by atoms with Gasteiger partial charge in [0.05, 0.1) is 18.1 Å². The predicted octanol–water partition coefficient (Wildman–Crippen LogP) is 4.18. The number of rotatable bonds is 6. The number of halogens is 1. The van der Waals surface area contributed by atoms with Gasteiger partial charge in [0.15, 0.2) is 0 Å². The predicted molar refractivity (Wildman–Crippen MR) is 78.5 cm³/mol. The minimum atomic E-state index is -0.404. The third-order valence-corrected chi connectivity index (χ3v) is 4.44. The van der Waals surface area contributed by atoms with Crippen molar-refractivity contribution in [2.45, 2.75) is 13.0 Å². The van der Waals surface area contributed by atoms with E-state index < -0.39 is 4.92 Å². The van der Waals surface area contributed by atoms with Crippen LogP contribution in [0.1, 0.15) is 10.4 Å². The minimum absolute atomic E-state index is 0.0688. The van der Waals surface area contributed by atoms with Crippen molar-refractivity contribution in [2.24, 2.45) is 0 Å². The van der Waals surface area contributed by atoms with E-state index in [9.17, 15) is 10.1 Å². The van der Waals surface area contributed by atoms with E-state index in [1.165, 1.54) is 10.9 Å². The van der Waals surface area contributed by atoms with Crippen molar-refractivity contribution in [1.29, 1.82) is 0 Å². The van der Waals surface area contributed by atoms with Gasteiger partial charge in [0.1, 0.15) is 4.47 Å². The maximum atomic E-state index is 10.8. The van der Waals surface area contributed by atoms with Crippen LogP contribution in [0.5, 0.6) is 0 Å². The van der Waals surface area contributed by atoms with Gasteiger partial charge in [0, 0.05) is 17.4 Å². The fourth-order valence-electron chi connectivity index (χ4n) is 1.63. The van der Waals surface area contributed by atoms with Crippen molar-refractivity contribution < 1.29 is 9.66 Å². The first-order chi connectivity index (χ1) is 9.18. The summed E-state index contributed by atoms with van der Waals surface area (Å²) >= 11 is 4.95. The first kappa shape index (κ1) is 14.2. The Morgan fingerprint density at radius 2 is 2.16 bits per heavy atom. The zero-order valence-electron chi connectivity index (χ0n) is 10.0. The molecule has 100 valence electrons. The normalized spacial score (nSPS) is 10.6. The molecule has 2 rings (SSSR count). The zero-order valence-corrected chi connectivity index (χ0v) is 12.4. The standard InChI is InChI=1S/C13H12BrNO3S/c14-13-10(3-1-5-12(13)15(16)17)9-18-7-6-11-4-2-8-19-11/h1-5,8H,6-7,9H2. The summed E-state index contributed by atoms with van der Waals surface area (Å²) in [7, 11) is 0. The molecule has 0 atom stereocenters. The Balaban J connectivity index is 1.89. The van der Waals surface area contributed by atoms with E-state index in [1.54, 1.807) is 17.4 Å². The van der Waals surface area contributed by atoms with Crippen LogP contribution in [0.3, 0.4) is 0 Å². The second kappa shape index (κ2) is 6.79. The summed E-state index contributed by atoms with van der Waals surface area (Å²) in [4.78, 5) is 11.7. The van der Waals surface area contributed by atoms with Crippen LogP contribution in [0.2, 0.25) is 0 Å². The van der Waals surface area contributed by atoms with Gasteiger partial charge in [-0.3, -0.25) is 10.1 Å². The Labute approximate surface area is 123 Å². The van der Waals surface area contributed by atoms with E-state index in [-0.39, 0.29) is 5.69 Å². The molecular weight excluding hydrogens is 330 g/mol. The monoisotopic (exact) mass is 341 g/mol. The van der Waals surface area contributed by atoms with Gasteiger partial charge in [-0.2, -0.15) is 0 Å². The summed E-state index contributed by atoms with van der Waals surface area (Å²) in [5, 5.41) is 12.8. The first-order valence-corrected chi connectivity index (χ1v) is 7.37. The van der Waals surface area contributed by atoms with E-state index in [0.717, 1.165) is 12.0 Å². The molecular formula is C13H12BrNO3S. The molecule has 0 aliphatic heterocycles. The van der Waals surface area contributed by atoms with Crippen LogP contribution in [0, 0.1) is 10.1 Å². The summed E-state index contributed by atoms with van der Waals surface area (Å²) < 4.78 is 6.06. The average molecular weight is 342 g/mol. The number of thiophene rings is 1. The molecule has 0 unspecified atom stereocenters. The van der Waals surface area contributed by atoms with Crippen LogP contribution >= 0.6 is 27.3 Å². The van der Waals surface area contributed by atoms with Crippen LogP contribution in [-0.4, -0.2) is 11.5 Å². The number of nitrogens with zero attached hydrogens (tertiary/aromatic N) is 1. The third-order valence-electron chi connectivity index (χ3n) is 2.59. The summed E-state index contributed by atoms with van der Waals surface area (Å²) in [6, 6.07) is 9.04. The second-order valence-corrected chi connectivity index (χ2v) is 5.71. The Morgan fingerprint density at radius 1 is 1.32 bits per heavy atom. The lowest BCUT2D eigenvalue weighted by Gasteiger charge is -2.06. The van der Waals surface area contributed by atoms with Gasteiger partial charge in [-0.05, 0) is 32.9 Å². The second-order valence-electron chi connectivity index (χ2n) is 3.89. The average Bonchev–Trinajstić information content (AvgIpc) is 2.89. The van der Waals surface area contributed by atoms with Crippen LogP contribution in [0.15, 0.2) is 40.2 Å². The molecule has 1 aromatic heterocycles. The van der Waals surface area contributed by atoms with Crippen molar-refractivity contribution in [3.05, 3.63) is 60.7 Å². The number of nitro benzene ring substituents is 1. The Bertz CT molecular complexity index is 557. The van der Waals surface area contributed by atoms with Crippen molar-refractivity contribution in [3.63, 3.8) is 0 Å². The van der Waals surface area contributed by atoms with Crippen LogP contribution in [-0.2, 0) is 17.8 Å². The molecule has 0 amide bonds. The number of hydrogen-bond donors (Lipinski definition) is 0. The summed E-state index contributed by atoms with van der Waals surface area (Å²) in [6.07, 6.45) is 0.865. The fraction of sp³-hybridized carbons (Fsp3) is 0.231. The van der Waals surface area contributed by atoms with E-state index in [1.807, 2.05) is 17.5 Å². The van der Waals surface area contributed by atoms with Gasteiger partial charge >= 0.3 is 0 Å². The lowest BCUT2D eigenvalue weighted by atomic mass is 10.2. The number of ether oxygens (including phenoxy) is 1. The molecule has 1 aromatic carbocycles. The molecule has 0 N–H and O–H groups in total. The van der Waals surface area contributed by atoms with E-state index in [0.29, 0.717) is 17.7 Å². The SMILES string of the molecule is O=[N+]([O-])c1cccc(COCCc2cccs2)c1Br. The van der Waals surface area contributed by atoms with Gasteiger partial charge in [0.2, 0.25) is 0 Å². The van der Waals surface area contributed by atoms with Gasteiger partial charge in [0.25, 0.3) is 5.69 Å². The van der Waals surface area contributed by atoms with Crippen LogP contribution < -0.4 is 0 Å². The molecule has 0 fully saturated rings. The highest BCUT2D eigenvalue weighted by Gasteiger charge is 2.14. The molecule has 0 aliphatic carbocycles. The highest BCUT2D eigenvalue weighted by atomic mass is 79.9. The van der Waals surface area contributed by atoms with E-state index in [4.69, 9.17) is 4.74 Å². The number of benzene rings is 1. The summed E-state index contributed by atoms with van der Waals surface area (Å²) in [6.45, 7) is 0.975. The Morgan fingerprint density at radius 3 is 2.84 bits per heavy atom. The van der Waals surface area contributed by atoms with Crippen molar-refractivity contribution in [2.75, 3.05) is 6.61 Å². The van der Waals surface area contributed by atoms with E-state index >= 15 is 0 Å². The minimum Gasteiger partial charge on any atom is -0.376 e. The van der Waals surface area contributed by atoms with Crippen molar-refractivity contribution in [3.8, 4) is 0 Å². The van der Waals surface area contributed by atoms with Crippen LogP contribution in [0.25, 0.3) is 0 Å². The lowest BCUT2D eigenvalue weighted by molar-refractivity contribution is -0.385. The van der Waals surface area contributed by atoms with Crippen LogP contribution in [0.4, 0.5) is 5.69 Å². The fourth-order valence-corrected chi connectivity index (χ4v) is 2.84. The first-order valence-electron chi connectivity index (χ1n) is 5.70.